The molecule has 144 valence electrons. The number of fused-ring (bicyclic) bond motifs is 3. The van der Waals surface area contributed by atoms with Crippen LogP contribution in [0.4, 0.5) is 0 Å². The minimum Gasteiger partial charge on any atom is -0.431 e. The topological polar surface area (TPSA) is 65.9 Å². The molecule has 0 aliphatic carbocycles. The number of nitrogens with zero attached hydrogens (tertiary/aromatic N) is 3. The van der Waals surface area contributed by atoms with Crippen LogP contribution in [-0.2, 0) is 11.3 Å². The van der Waals surface area contributed by atoms with Crippen molar-refractivity contribution >= 4 is 27.5 Å². The van der Waals surface area contributed by atoms with E-state index in [4.69, 9.17) is 9.84 Å². The van der Waals surface area contributed by atoms with Crippen molar-refractivity contribution < 1.29 is 14.6 Å². The summed E-state index contributed by atoms with van der Waals surface area (Å²) < 4.78 is 7.03. The molecule has 2 saturated heterocycles. The Balaban J connectivity index is 1.21. The van der Waals surface area contributed by atoms with Crippen LogP contribution in [0, 0.1) is 0 Å². The lowest BCUT2D eigenvalue weighted by atomic mass is 10.2. The highest BCUT2D eigenvalue weighted by Crippen LogP contribution is 2.33. The zero-order chi connectivity index (χ0) is 19.1. The molecule has 3 aromatic rings. The first-order valence-electron chi connectivity index (χ1n) is 9.46. The molecule has 0 radical (unpaired) electrons. The quantitative estimate of drug-likeness (QED) is 0.720. The number of likely N-dealkylation sites (tertiary alicyclic amines) is 2. The molecule has 28 heavy (non-hydrogen) atoms. The van der Waals surface area contributed by atoms with E-state index in [0.29, 0.717) is 11.2 Å². The predicted molar refractivity (Wildman–Crippen MR) is 108 cm³/mol. The average Bonchev–Trinajstić information content (AvgIpc) is 3.42. The smallest absolute Gasteiger partial charge is 0.279 e. The summed E-state index contributed by atoms with van der Waals surface area (Å²) in [4.78, 5) is 20.5. The van der Waals surface area contributed by atoms with Crippen molar-refractivity contribution in [3.63, 3.8) is 0 Å². The standard InChI is InChI=1S/C21H21N3O3S/c25-13-20(26)24-12-15-9-16(24)11-23(15)10-14-5-7-17(8-6-14)27-21-22-18-3-1-2-4-19(18)28-21/h1-8,15-16,25H,9-13H2. The molecule has 0 spiro atoms. The van der Waals surface area contributed by atoms with Gasteiger partial charge >= 0.3 is 0 Å². The van der Waals surface area contributed by atoms with Gasteiger partial charge in [-0.1, -0.05) is 35.6 Å². The van der Waals surface area contributed by atoms with Gasteiger partial charge in [-0.15, -0.1) is 0 Å². The number of carbonyl (C=O) groups is 1. The van der Waals surface area contributed by atoms with Crippen LogP contribution >= 0.6 is 11.3 Å². The van der Waals surface area contributed by atoms with Gasteiger partial charge in [-0.05, 0) is 36.2 Å². The summed E-state index contributed by atoms with van der Waals surface area (Å²) in [7, 11) is 0. The van der Waals surface area contributed by atoms with Gasteiger partial charge in [0, 0.05) is 31.7 Å². The maximum absolute atomic E-state index is 11.8. The number of hydrogen-bond donors (Lipinski definition) is 1. The summed E-state index contributed by atoms with van der Waals surface area (Å²) in [6.07, 6.45) is 1.00. The third kappa shape index (κ3) is 3.26. The maximum atomic E-state index is 11.8. The maximum Gasteiger partial charge on any atom is 0.279 e. The zero-order valence-corrected chi connectivity index (χ0v) is 16.1. The van der Waals surface area contributed by atoms with E-state index in [0.717, 1.165) is 42.0 Å². The molecule has 1 N–H and O–H groups in total. The van der Waals surface area contributed by atoms with Gasteiger partial charge in [0.15, 0.2) is 0 Å². The van der Waals surface area contributed by atoms with Crippen LogP contribution in [0.25, 0.3) is 10.2 Å². The van der Waals surface area contributed by atoms with Crippen LogP contribution in [-0.4, -0.2) is 57.6 Å². The molecule has 2 atom stereocenters. The van der Waals surface area contributed by atoms with Gasteiger partial charge < -0.3 is 14.7 Å². The lowest BCUT2D eigenvalue weighted by Crippen LogP contribution is -2.49. The van der Waals surface area contributed by atoms with Crippen molar-refractivity contribution in [2.75, 3.05) is 19.7 Å². The van der Waals surface area contributed by atoms with Crippen molar-refractivity contribution in [1.82, 2.24) is 14.8 Å². The Hall–Kier alpha value is -2.48. The van der Waals surface area contributed by atoms with E-state index in [2.05, 4.69) is 22.0 Å². The Bertz CT molecular complexity index is 971. The van der Waals surface area contributed by atoms with Gasteiger partial charge in [0.2, 0.25) is 5.91 Å². The monoisotopic (exact) mass is 395 g/mol. The summed E-state index contributed by atoms with van der Waals surface area (Å²) in [6.45, 7) is 2.08. The van der Waals surface area contributed by atoms with Crippen molar-refractivity contribution in [3.05, 3.63) is 54.1 Å². The number of para-hydroxylation sites is 1. The molecule has 2 unspecified atom stereocenters. The molecule has 2 aliphatic rings. The minimum absolute atomic E-state index is 0.150. The molecule has 1 aromatic heterocycles. The molecular formula is C21H21N3O3S. The fraction of sp³-hybridized carbons (Fsp3) is 0.333. The predicted octanol–water partition coefficient (Wildman–Crippen LogP) is 2.87. The first-order chi connectivity index (χ1) is 13.7. The highest BCUT2D eigenvalue weighted by atomic mass is 32.1. The van der Waals surface area contributed by atoms with Crippen LogP contribution in [0.5, 0.6) is 10.9 Å². The van der Waals surface area contributed by atoms with E-state index in [1.807, 2.05) is 41.3 Å². The number of benzene rings is 2. The fourth-order valence-corrected chi connectivity index (χ4v) is 5.07. The van der Waals surface area contributed by atoms with Gasteiger partial charge in [0.1, 0.15) is 12.4 Å². The number of rotatable bonds is 5. The lowest BCUT2D eigenvalue weighted by Gasteiger charge is -2.34. The molecule has 1 amide bonds. The molecule has 5 rings (SSSR count). The summed E-state index contributed by atoms with van der Waals surface area (Å²) in [5, 5.41) is 9.73. The number of carbonyl (C=O) groups excluding carboxylic acids is 1. The zero-order valence-electron chi connectivity index (χ0n) is 15.3. The van der Waals surface area contributed by atoms with Crippen LogP contribution in [0.3, 0.4) is 0 Å². The van der Waals surface area contributed by atoms with Crippen molar-refractivity contribution in [3.8, 4) is 10.9 Å². The molecule has 2 bridgehead atoms. The third-order valence-corrected chi connectivity index (χ3v) is 6.51. The van der Waals surface area contributed by atoms with Gasteiger partial charge in [-0.25, -0.2) is 4.98 Å². The first kappa shape index (κ1) is 17.6. The number of thiazole rings is 1. The first-order valence-corrected chi connectivity index (χ1v) is 10.3. The Morgan fingerprint density at radius 1 is 1.14 bits per heavy atom. The van der Waals surface area contributed by atoms with Gasteiger partial charge in [0.05, 0.1) is 10.2 Å². The van der Waals surface area contributed by atoms with Crippen LogP contribution in [0.1, 0.15) is 12.0 Å². The van der Waals surface area contributed by atoms with E-state index < -0.39 is 0 Å². The third-order valence-electron chi connectivity index (χ3n) is 5.60. The number of aromatic nitrogens is 1. The molecule has 2 aliphatic heterocycles. The van der Waals surface area contributed by atoms with Gasteiger partial charge in [0.25, 0.3) is 5.19 Å². The van der Waals surface area contributed by atoms with Crippen LogP contribution < -0.4 is 4.74 Å². The average molecular weight is 395 g/mol. The molecule has 0 saturated carbocycles. The summed E-state index contributed by atoms with van der Waals surface area (Å²) in [5.41, 5.74) is 2.18. The highest BCUT2D eigenvalue weighted by molar-refractivity contribution is 7.20. The number of ether oxygens (including phenoxy) is 1. The highest BCUT2D eigenvalue weighted by Gasteiger charge is 2.44. The Morgan fingerprint density at radius 3 is 2.68 bits per heavy atom. The molecule has 2 aromatic carbocycles. The Morgan fingerprint density at radius 2 is 1.96 bits per heavy atom. The van der Waals surface area contributed by atoms with Crippen molar-refractivity contribution in [2.45, 2.75) is 25.0 Å². The SMILES string of the molecule is O=C(CO)N1CC2CC1CN2Cc1ccc(Oc2nc3ccccc3s2)cc1. The summed E-state index contributed by atoms with van der Waals surface area (Å²) in [5.74, 6) is 0.633. The summed E-state index contributed by atoms with van der Waals surface area (Å²) >= 11 is 1.54. The summed E-state index contributed by atoms with van der Waals surface area (Å²) in [6, 6.07) is 16.8. The molecule has 3 heterocycles. The van der Waals surface area contributed by atoms with E-state index in [-0.39, 0.29) is 18.6 Å². The number of aliphatic hydroxyl groups is 1. The van der Waals surface area contributed by atoms with Gasteiger partial charge in [-0.3, -0.25) is 9.69 Å². The number of piperazine rings is 1. The van der Waals surface area contributed by atoms with Crippen LogP contribution in [0.15, 0.2) is 48.5 Å². The Labute approximate surface area is 167 Å². The molecular weight excluding hydrogens is 374 g/mol. The second-order valence-corrected chi connectivity index (χ2v) is 8.36. The Kier molecular flexibility index (Phi) is 4.50. The van der Waals surface area contributed by atoms with Crippen molar-refractivity contribution in [1.29, 1.82) is 0 Å². The number of amides is 1. The van der Waals surface area contributed by atoms with Gasteiger partial charge in [-0.2, -0.15) is 0 Å². The largest absolute Gasteiger partial charge is 0.431 e. The van der Waals surface area contributed by atoms with E-state index >= 15 is 0 Å². The number of hydrogen-bond acceptors (Lipinski definition) is 6. The second kappa shape index (κ2) is 7.16. The number of aliphatic hydroxyl groups excluding tert-OH is 1. The normalized spacial score (nSPS) is 21.5. The van der Waals surface area contributed by atoms with Crippen molar-refractivity contribution in [2.24, 2.45) is 0 Å². The molecule has 6 nitrogen and oxygen atoms in total. The second-order valence-electron chi connectivity index (χ2n) is 7.37. The van der Waals surface area contributed by atoms with E-state index in [1.165, 1.54) is 5.56 Å². The fourth-order valence-electron chi connectivity index (χ4n) is 4.23. The van der Waals surface area contributed by atoms with E-state index in [9.17, 15) is 4.79 Å². The molecule has 7 heteroatoms. The molecule has 2 fully saturated rings. The minimum atomic E-state index is -0.390. The lowest BCUT2D eigenvalue weighted by molar-refractivity contribution is -0.136. The van der Waals surface area contributed by atoms with E-state index in [1.54, 1.807) is 11.3 Å². The van der Waals surface area contributed by atoms with Crippen LogP contribution in [0.2, 0.25) is 0 Å².